The molecule has 2 aliphatic heterocycles. The van der Waals surface area contributed by atoms with Crippen molar-refractivity contribution in [1.82, 2.24) is 9.21 Å². The number of benzene rings is 2. The Morgan fingerprint density at radius 2 is 1.59 bits per heavy atom. The number of amides is 1. The molecule has 4 N–H and O–H groups in total. The van der Waals surface area contributed by atoms with Gasteiger partial charge in [-0.15, -0.1) is 0 Å². The Morgan fingerprint density at radius 1 is 1.00 bits per heavy atom. The molecule has 2 aromatic carbocycles. The van der Waals surface area contributed by atoms with E-state index in [0.29, 0.717) is 37.7 Å². The number of halogens is 3. The minimum absolute atomic E-state index is 0.0361. The third-order valence-corrected chi connectivity index (χ3v) is 8.72. The number of carbonyl (C=O) groups is 3. The fourth-order valence-corrected chi connectivity index (χ4v) is 6.36. The van der Waals surface area contributed by atoms with E-state index in [-0.39, 0.29) is 47.7 Å². The van der Waals surface area contributed by atoms with Crippen LogP contribution in [0.4, 0.5) is 13.2 Å². The molecule has 10 nitrogen and oxygen atoms in total. The summed E-state index contributed by atoms with van der Waals surface area (Å²) in [5.74, 6) is -6.10. The highest BCUT2D eigenvalue weighted by Gasteiger charge is 2.46. The van der Waals surface area contributed by atoms with Gasteiger partial charge in [0.05, 0.1) is 4.90 Å². The van der Waals surface area contributed by atoms with Crippen molar-refractivity contribution in [2.75, 3.05) is 19.6 Å². The molecule has 1 amide bonds. The van der Waals surface area contributed by atoms with Crippen LogP contribution in [0, 0.1) is 30.3 Å². The van der Waals surface area contributed by atoms with Gasteiger partial charge in [0, 0.05) is 56.4 Å². The fourth-order valence-electron chi connectivity index (χ4n) is 4.85. The summed E-state index contributed by atoms with van der Waals surface area (Å²) < 4.78 is 67.9. The first-order chi connectivity index (χ1) is 19.2. The summed E-state index contributed by atoms with van der Waals surface area (Å²) in [4.78, 5) is 33.9. The van der Waals surface area contributed by atoms with E-state index in [9.17, 15) is 36.0 Å². The topological polar surface area (TPSA) is 158 Å². The second-order valence-electron chi connectivity index (χ2n) is 9.87. The maximum absolute atomic E-state index is 13.9. The number of hydrogen-bond acceptors (Lipinski definition) is 6. The normalized spacial score (nSPS) is 19.5. The molecule has 0 aromatic heterocycles. The molecule has 2 aliphatic rings. The van der Waals surface area contributed by atoms with Crippen LogP contribution >= 0.6 is 0 Å². The molecule has 0 spiro atoms. The number of carboxylic acid groups (broad SMARTS) is 2. The van der Waals surface area contributed by atoms with Crippen molar-refractivity contribution in [3.63, 3.8) is 0 Å². The van der Waals surface area contributed by atoms with E-state index in [1.807, 2.05) is 6.92 Å². The zero-order valence-electron chi connectivity index (χ0n) is 22.0. The summed E-state index contributed by atoms with van der Waals surface area (Å²) in [6.45, 7) is 2.93. The first-order valence-electron chi connectivity index (χ1n) is 12.6. The first-order valence-corrected chi connectivity index (χ1v) is 14.0. The van der Waals surface area contributed by atoms with Crippen molar-refractivity contribution in [3.05, 3.63) is 77.1 Å². The van der Waals surface area contributed by atoms with Crippen molar-refractivity contribution >= 4 is 27.9 Å². The lowest BCUT2D eigenvalue weighted by atomic mass is 10.0. The Hall–Kier alpha value is -3.75. The van der Waals surface area contributed by atoms with Gasteiger partial charge in [0.2, 0.25) is 15.9 Å². The number of aryl methyl sites for hydroxylation is 1. The maximum Gasteiger partial charge on any atom is 0.328 e. The summed E-state index contributed by atoms with van der Waals surface area (Å²) >= 11 is 0. The maximum atomic E-state index is 13.9. The number of likely N-dealkylation sites (tertiary alicyclic amines) is 1. The summed E-state index contributed by atoms with van der Waals surface area (Å²) in [7, 11) is -3.66. The number of carbonyl (C=O) groups excluding carboxylic acids is 1. The van der Waals surface area contributed by atoms with Crippen molar-refractivity contribution < 1.29 is 46.2 Å². The SMILES string of the molecule is Cc1ccc(S(=O)(=O)N2C[C@@H]3CCN(C(=O)C[C@H](N)Cc4cc(F)c(F)cc4F)[C@@H]3C2)cc1.O=C(O)/C=C/C(=O)O. The van der Waals surface area contributed by atoms with Crippen LogP contribution < -0.4 is 5.73 Å². The Balaban J connectivity index is 0.000000507. The molecule has 2 aromatic rings. The summed E-state index contributed by atoms with van der Waals surface area (Å²) in [6, 6.07) is 6.84. The molecule has 0 aliphatic carbocycles. The molecule has 4 rings (SSSR count). The van der Waals surface area contributed by atoms with Crippen LogP contribution in [0.3, 0.4) is 0 Å². The van der Waals surface area contributed by atoms with E-state index in [4.69, 9.17) is 15.9 Å². The Morgan fingerprint density at radius 3 is 2.17 bits per heavy atom. The van der Waals surface area contributed by atoms with E-state index in [2.05, 4.69) is 0 Å². The fraction of sp³-hybridized carbons (Fsp3) is 0.370. The Bertz CT molecular complexity index is 1420. The summed E-state index contributed by atoms with van der Waals surface area (Å²) in [5.41, 5.74) is 6.89. The average molecular weight is 598 g/mol. The molecule has 2 saturated heterocycles. The van der Waals surface area contributed by atoms with Gasteiger partial charge in [-0.25, -0.2) is 31.2 Å². The zero-order chi connectivity index (χ0) is 30.5. The van der Waals surface area contributed by atoms with Crippen molar-refractivity contribution in [3.8, 4) is 0 Å². The van der Waals surface area contributed by atoms with Crippen LogP contribution in [0.1, 0.15) is 24.0 Å². The lowest BCUT2D eigenvalue weighted by Crippen LogP contribution is -2.43. The number of nitrogens with two attached hydrogens (primary N) is 1. The highest BCUT2D eigenvalue weighted by atomic mass is 32.2. The molecule has 2 fully saturated rings. The van der Waals surface area contributed by atoms with Crippen LogP contribution in [-0.2, 0) is 30.8 Å². The third kappa shape index (κ3) is 8.15. The van der Waals surface area contributed by atoms with Crippen LogP contribution in [0.5, 0.6) is 0 Å². The number of sulfonamides is 1. The van der Waals surface area contributed by atoms with Gasteiger partial charge < -0.3 is 20.8 Å². The lowest BCUT2D eigenvalue weighted by Gasteiger charge is -2.26. The summed E-state index contributed by atoms with van der Waals surface area (Å²) in [6.07, 6.45) is 1.57. The molecule has 0 radical (unpaired) electrons. The van der Waals surface area contributed by atoms with Crippen LogP contribution in [-0.4, -0.2) is 77.4 Å². The van der Waals surface area contributed by atoms with E-state index in [1.165, 1.54) is 4.31 Å². The van der Waals surface area contributed by atoms with Crippen molar-refractivity contribution in [2.45, 2.75) is 43.2 Å². The second kappa shape index (κ2) is 13.3. The standard InChI is InChI=1S/C23H26F3N3O3S.C4H4O4/c1-14-2-4-18(5-3-14)33(31,32)28-12-15-6-7-29(22(15)13-28)23(30)10-17(27)8-16-9-20(25)21(26)11-19(16)24;5-3(6)1-2-4(7)8/h2-5,9,11,15,17,22H,6-8,10,12-13,27H2,1H3;1-2H,(H,5,6)(H,7,8)/b;2-1+/t15-,17+,22+;/m0./s1. The average Bonchev–Trinajstić information content (AvgIpc) is 3.48. The number of hydrogen-bond donors (Lipinski definition) is 3. The molecule has 222 valence electrons. The van der Waals surface area contributed by atoms with Crippen LogP contribution in [0.2, 0.25) is 0 Å². The quantitative estimate of drug-likeness (QED) is 0.309. The number of carboxylic acids is 2. The minimum Gasteiger partial charge on any atom is -0.478 e. The molecule has 0 unspecified atom stereocenters. The van der Waals surface area contributed by atoms with Gasteiger partial charge in [0.25, 0.3) is 0 Å². The van der Waals surface area contributed by atoms with Gasteiger partial charge in [-0.1, -0.05) is 17.7 Å². The number of fused-ring (bicyclic) bond motifs is 1. The van der Waals surface area contributed by atoms with Gasteiger partial charge in [0.15, 0.2) is 11.6 Å². The van der Waals surface area contributed by atoms with Crippen LogP contribution in [0.25, 0.3) is 0 Å². The highest BCUT2D eigenvalue weighted by molar-refractivity contribution is 7.89. The molecule has 0 saturated carbocycles. The smallest absolute Gasteiger partial charge is 0.328 e. The highest BCUT2D eigenvalue weighted by Crippen LogP contribution is 2.35. The van der Waals surface area contributed by atoms with Gasteiger partial charge in [-0.3, -0.25) is 4.79 Å². The van der Waals surface area contributed by atoms with Crippen LogP contribution in [0.15, 0.2) is 53.4 Å². The van der Waals surface area contributed by atoms with Gasteiger partial charge >= 0.3 is 11.9 Å². The van der Waals surface area contributed by atoms with Gasteiger partial charge in [-0.05, 0) is 49.4 Å². The summed E-state index contributed by atoms with van der Waals surface area (Å²) in [5, 5.41) is 15.6. The number of nitrogens with zero attached hydrogens (tertiary/aromatic N) is 2. The largest absolute Gasteiger partial charge is 0.478 e. The molecule has 0 bridgehead atoms. The van der Waals surface area contributed by atoms with E-state index in [0.717, 1.165) is 11.6 Å². The first kappa shape index (κ1) is 31.8. The monoisotopic (exact) mass is 597 g/mol. The van der Waals surface area contributed by atoms with Gasteiger partial charge in [0.1, 0.15) is 5.82 Å². The van der Waals surface area contributed by atoms with E-state index in [1.54, 1.807) is 29.2 Å². The lowest BCUT2D eigenvalue weighted by molar-refractivity contribution is -0.134. The predicted octanol–water partition coefficient (Wildman–Crippen LogP) is 2.31. The molecular formula is C27H30F3N3O7S. The number of aliphatic carboxylic acids is 2. The van der Waals surface area contributed by atoms with E-state index < -0.39 is 45.5 Å². The van der Waals surface area contributed by atoms with Crippen molar-refractivity contribution in [1.29, 1.82) is 0 Å². The Labute approximate surface area is 234 Å². The molecule has 14 heteroatoms. The van der Waals surface area contributed by atoms with Crippen molar-refractivity contribution in [2.24, 2.45) is 11.7 Å². The van der Waals surface area contributed by atoms with E-state index >= 15 is 0 Å². The second-order valence-corrected chi connectivity index (χ2v) is 11.8. The van der Waals surface area contributed by atoms with Gasteiger partial charge in [-0.2, -0.15) is 4.31 Å². The molecule has 2 heterocycles. The molecular weight excluding hydrogens is 567 g/mol. The number of rotatable bonds is 8. The molecule has 3 atom stereocenters. The minimum atomic E-state index is -3.66. The molecule has 41 heavy (non-hydrogen) atoms. The Kier molecular flexibility index (Phi) is 10.3. The zero-order valence-corrected chi connectivity index (χ0v) is 22.9. The third-order valence-electron chi connectivity index (χ3n) is 6.87. The predicted molar refractivity (Wildman–Crippen MR) is 141 cm³/mol.